The first kappa shape index (κ1) is 14.3. The third-order valence-electron chi connectivity index (χ3n) is 1.94. The molecule has 0 fully saturated rings. The van der Waals surface area contributed by atoms with E-state index in [1.165, 1.54) is 6.07 Å². The van der Waals surface area contributed by atoms with Gasteiger partial charge in [0, 0.05) is 6.07 Å². The summed E-state index contributed by atoms with van der Waals surface area (Å²) in [6.07, 6.45) is 0.518. The zero-order valence-electron chi connectivity index (χ0n) is 9.92. The van der Waals surface area contributed by atoms with Crippen LogP contribution >= 0.6 is 0 Å². The second-order valence-electron chi connectivity index (χ2n) is 3.63. The van der Waals surface area contributed by atoms with Gasteiger partial charge in [-0.15, -0.1) is 0 Å². The monoisotopic (exact) mass is 273 g/mol. The molecule has 1 aromatic rings. The van der Waals surface area contributed by atoms with Crippen LogP contribution in [0.5, 0.6) is 5.75 Å². The van der Waals surface area contributed by atoms with Crippen molar-refractivity contribution in [3.63, 3.8) is 0 Å². The first-order valence-electron chi connectivity index (χ1n) is 5.38. The normalized spacial score (nSPS) is 10.9. The van der Waals surface area contributed by atoms with Gasteiger partial charge in [0.05, 0.1) is 11.4 Å². The molecule has 0 aliphatic heterocycles. The lowest BCUT2D eigenvalue weighted by atomic mass is 10.3. The number of aliphatic carboxylic acids is 1. The van der Waals surface area contributed by atoms with Crippen LogP contribution in [0.25, 0.3) is 0 Å². The van der Waals surface area contributed by atoms with Crippen LogP contribution in [0.1, 0.15) is 13.3 Å². The van der Waals surface area contributed by atoms with Crippen LogP contribution in [-0.4, -0.2) is 31.9 Å². The summed E-state index contributed by atoms with van der Waals surface area (Å²) in [5.41, 5.74) is 0.353. The number of ether oxygens (including phenoxy) is 1. The highest BCUT2D eigenvalue weighted by molar-refractivity contribution is 7.92. The Morgan fingerprint density at radius 3 is 2.78 bits per heavy atom. The number of carboxylic acids is 1. The van der Waals surface area contributed by atoms with E-state index in [4.69, 9.17) is 9.84 Å². The topological polar surface area (TPSA) is 92.7 Å². The lowest BCUT2D eigenvalue weighted by molar-refractivity contribution is -0.139. The molecule has 0 saturated carbocycles. The zero-order chi connectivity index (χ0) is 13.6. The minimum atomic E-state index is -3.35. The number of benzene rings is 1. The standard InChI is InChI=1S/C11H15NO5S/c1-2-6-18(15,16)12-9-4-3-5-10(7-9)17-8-11(13)14/h3-5,7,12H,2,6,8H2,1H3,(H,13,14). The molecule has 0 spiro atoms. The quantitative estimate of drug-likeness (QED) is 0.781. The molecule has 0 bridgehead atoms. The Hall–Kier alpha value is -1.76. The summed E-state index contributed by atoms with van der Waals surface area (Å²) in [7, 11) is -3.35. The number of anilines is 1. The first-order valence-corrected chi connectivity index (χ1v) is 7.03. The van der Waals surface area contributed by atoms with E-state index in [0.717, 1.165) is 0 Å². The van der Waals surface area contributed by atoms with Crippen molar-refractivity contribution in [3.05, 3.63) is 24.3 Å². The van der Waals surface area contributed by atoms with Crippen molar-refractivity contribution in [2.75, 3.05) is 17.1 Å². The van der Waals surface area contributed by atoms with E-state index in [9.17, 15) is 13.2 Å². The van der Waals surface area contributed by atoms with Crippen LogP contribution in [0.3, 0.4) is 0 Å². The number of carboxylic acid groups (broad SMARTS) is 1. The average Bonchev–Trinajstić information content (AvgIpc) is 2.26. The SMILES string of the molecule is CCCS(=O)(=O)Nc1cccc(OCC(=O)O)c1. The summed E-state index contributed by atoms with van der Waals surface area (Å²) in [5.74, 6) is -0.756. The summed E-state index contributed by atoms with van der Waals surface area (Å²) >= 11 is 0. The van der Waals surface area contributed by atoms with E-state index in [1.807, 2.05) is 0 Å². The Morgan fingerprint density at radius 1 is 1.44 bits per heavy atom. The summed E-state index contributed by atoms with van der Waals surface area (Å²) < 4.78 is 30.4. The largest absolute Gasteiger partial charge is 0.482 e. The molecule has 7 heteroatoms. The summed E-state index contributed by atoms with van der Waals surface area (Å²) in [6.45, 7) is 1.30. The molecular weight excluding hydrogens is 258 g/mol. The fourth-order valence-electron chi connectivity index (χ4n) is 1.29. The minimum Gasteiger partial charge on any atom is -0.482 e. The van der Waals surface area contributed by atoms with Crippen molar-refractivity contribution in [2.45, 2.75) is 13.3 Å². The predicted molar refractivity (Wildman–Crippen MR) is 67.3 cm³/mol. The molecule has 0 saturated heterocycles. The molecule has 100 valence electrons. The molecule has 0 aromatic heterocycles. The predicted octanol–water partition coefficient (Wildman–Crippen LogP) is 1.30. The molecule has 1 aromatic carbocycles. The van der Waals surface area contributed by atoms with Gasteiger partial charge in [-0.05, 0) is 18.6 Å². The van der Waals surface area contributed by atoms with Crippen molar-refractivity contribution < 1.29 is 23.1 Å². The van der Waals surface area contributed by atoms with Gasteiger partial charge in [0.15, 0.2) is 6.61 Å². The molecule has 0 unspecified atom stereocenters. The molecule has 18 heavy (non-hydrogen) atoms. The van der Waals surface area contributed by atoms with E-state index >= 15 is 0 Å². The maximum absolute atomic E-state index is 11.5. The van der Waals surface area contributed by atoms with E-state index in [2.05, 4.69) is 4.72 Å². The second kappa shape index (κ2) is 6.25. The highest BCUT2D eigenvalue weighted by Gasteiger charge is 2.09. The minimum absolute atomic E-state index is 0.0349. The Labute approximate surface area is 106 Å². The summed E-state index contributed by atoms with van der Waals surface area (Å²) in [6, 6.07) is 6.15. The molecule has 0 aliphatic rings. The lowest BCUT2D eigenvalue weighted by Crippen LogP contribution is -2.16. The summed E-state index contributed by atoms with van der Waals surface area (Å²) in [4.78, 5) is 10.3. The van der Waals surface area contributed by atoms with Gasteiger partial charge >= 0.3 is 5.97 Å². The van der Waals surface area contributed by atoms with Crippen LogP contribution in [0.15, 0.2) is 24.3 Å². The highest BCUT2D eigenvalue weighted by atomic mass is 32.2. The number of hydrogen-bond acceptors (Lipinski definition) is 4. The molecule has 0 heterocycles. The average molecular weight is 273 g/mol. The Bertz CT molecular complexity index is 512. The molecule has 0 aliphatic carbocycles. The molecule has 0 atom stereocenters. The van der Waals surface area contributed by atoms with Gasteiger partial charge < -0.3 is 9.84 Å². The van der Waals surface area contributed by atoms with Gasteiger partial charge in [0.2, 0.25) is 10.0 Å². The smallest absolute Gasteiger partial charge is 0.341 e. The Morgan fingerprint density at radius 2 is 2.17 bits per heavy atom. The zero-order valence-corrected chi connectivity index (χ0v) is 10.7. The van der Waals surface area contributed by atoms with E-state index < -0.39 is 22.6 Å². The fraction of sp³-hybridized carbons (Fsp3) is 0.364. The van der Waals surface area contributed by atoms with Crippen LogP contribution < -0.4 is 9.46 Å². The van der Waals surface area contributed by atoms with E-state index in [1.54, 1.807) is 25.1 Å². The van der Waals surface area contributed by atoms with Gasteiger partial charge in [-0.1, -0.05) is 13.0 Å². The van der Waals surface area contributed by atoms with Crippen molar-refractivity contribution in [2.24, 2.45) is 0 Å². The molecule has 0 radical (unpaired) electrons. The van der Waals surface area contributed by atoms with Crippen LogP contribution in [0.4, 0.5) is 5.69 Å². The summed E-state index contributed by atoms with van der Waals surface area (Å²) in [5, 5.41) is 8.46. The number of sulfonamides is 1. The van der Waals surface area contributed by atoms with E-state index in [0.29, 0.717) is 17.9 Å². The third kappa shape index (κ3) is 5.05. The van der Waals surface area contributed by atoms with E-state index in [-0.39, 0.29) is 5.75 Å². The van der Waals surface area contributed by atoms with Crippen molar-refractivity contribution in [1.82, 2.24) is 0 Å². The van der Waals surface area contributed by atoms with Crippen LogP contribution in [0, 0.1) is 0 Å². The van der Waals surface area contributed by atoms with Crippen LogP contribution in [-0.2, 0) is 14.8 Å². The van der Waals surface area contributed by atoms with Crippen molar-refractivity contribution in [3.8, 4) is 5.75 Å². The molecule has 0 amide bonds. The maximum Gasteiger partial charge on any atom is 0.341 e. The maximum atomic E-state index is 11.5. The lowest BCUT2D eigenvalue weighted by Gasteiger charge is -2.09. The van der Waals surface area contributed by atoms with Gasteiger partial charge in [0.1, 0.15) is 5.75 Å². The Balaban J connectivity index is 2.73. The van der Waals surface area contributed by atoms with Gasteiger partial charge in [-0.25, -0.2) is 13.2 Å². The first-order chi connectivity index (χ1) is 8.43. The molecule has 1 rings (SSSR count). The number of rotatable bonds is 7. The number of nitrogens with one attached hydrogen (secondary N) is 1. The molecule has 6 nitrogen and oxygen atoms in total. The van der Waals surface area contributed by atoms with Gasteiger partial charge in [0.25, 0.3) is 0 Å². The highest BCUT2D eigenvalue weighted by Crippen LogP contribution is 2.18. The van der Waals surface area contributed by atoms with Gasteiger partial charge in [-0.3, -0.25) is 4.72 Å². The molecule has 2 N–H and O–H groups in total. The van der Waals surface area contributed by atoms with Crippen molar-refractivity contribution >= 4 is 21.7 Å². The molecular formula is C11H15NO5S. The van der Waals surface area contributed by atoms with Crippen molar-refractivity contribution in [1.29, 1.82) is 0 Å². The Kier molecular flexibility index (Phi) is 4.96. The number of carbonyl (C=O) groups is 1. The second-order valence-corrected chi connectivity index (χ2v) is 5.47. The fourth-order valence-corrected chi connectivity index (χ4v) is 2.42. The number of hydrogen-bond donors (Lipinski definition) is 2. The van der Waals surface area contributed by atoms with Crippen LogP contribution in [0.2, 0.25) is 0 Å². The van der Waals surface area contributed by atoms with Gasteiger partial charge in [-0.2, -0.15) is 0 Å². The third-order valence-corrected chi connectivity index (χ3v) is 3.43.